The summed E-state index contributed by atoms with van der Waals surface area (Å²) in [5.41, 5.74) is 1.47. The minimum absolute atomic E-state index is 0.00144. The summed E-state index contributed by atoms with van der Waals surface area (Å²) >= 11 is 1.57. The molecule has 3 rings (SSSR count). The molecule has 0 bridgehead atoms. The molecule has 7 nitrogen and oxygen atoms in total. The number of ether oxygens (including phenoxy) is 1. The molecular formula is C16H23N5O2S. The quantitative estimate of drug-likeness (QED) is 0.783. The molecule has 0 atom stereocenters. The van der Waals surface area contributed by atoms with Crippen molar-refractivity contribution in [2.75, 3.05) is 39.4 Å². The van der Waals surface area contributed by atoms with Crippen molar-refractivity contribution >= 4 is 17.2 Å². The molecule has 0 aliphatic carbocycles. The molecule has 0 radical (unpaired) electrons. The number of hydrogen-bond donors (Lipinski definition) is 0. The smallest absolute Gasteiger partial charge is 0.272 e. The summed E-state index contributed by atoms with van der Waals surface area (Å²) in [4.78, 5) is 21.5. The van der Waals surface area contributed by atoms with E-state index in [0.717, 1.165) is 43.5 Å². The second-order valence-electron chi connectivity index (χ2n) is 5.90. The van der Waals surface area contributed by atoms with E-state index in [4.69, 9.17) is 4.74 Å². The number of nitrogens with zero attached hydrogens (tertiary/aromatic N) is 5. The topological polar surface area (TPSA) is 63.5 Å². The van der Waals surface area contributed by atoms with Crippen LogP contribution in [0, 0.1) is 6.92 Å². The average molecular weight is 349 g/mol. The molecule has 1 saturated heterocycles. The largest absolute Gasteiger partial charge is 0.379 e. The van der Waals surface area contributed by atoms with Gasteiger partial charge in [-0.25, -0.2) is 4.98 Å². The van der Waals surface area contributed by atoms with Crippen LogP contribution in [-0.4, -0.2) is 69.9 Å². The van der Waals surface area contributed by atoms with Gasteiger partial charge in [0.2, 0.25) is 0 Å². The van der Waals surface area contributed by atoms with Crippen LogP contribution in [0.2, 0.25) is 0 Å². The number of aromatic nitrogens is 3. The van der Waals surface area contributed by atoms with Crippen molar-refractivity contribution < 1.29 is 9.53 Å². The van der Waals surface area contributed by atoms with Gasteiger partial charge in [0, 0.05) is 44.8 Å². The maximum absolute atomic E-state index is 13.0. The molecule has 2 aromatic rings. The minimum Gasteiger partial charge on any atom is -0.379 e. The molecule has 1 amide bonds. The van der Waals surface area contributed by atoms with E-state index in [0.29, 0.717) is 18.8 Å². The Bertz CT molecular complexity index is 664. The maximum Gasteiger partial charge on any atom is 0.272 e. The van der Waals surface area contributed by atoms with E-state index in [-0.39, 0.29) is 5.91 Å². The zero-order chi connectivity index (χ0) is 16.9. The van der Waals surface area contributed by atoms with Crippen molar-refractivity contribution in [1.29, 1.82) is 0 Å². The Morgan fingerprint density at radius 1 is 1.42 bits per heavy atom. The predicted molar refractivity (Wildman–Crippen MR) is 92.1 cm³/mol. The third kappa shape index (κ3) is 4.19. The second kappa shape index (κ2) is 7.87. The molecule has 0 N–H and O–H groups in total. The molecule has 1 fully saturated rings. The Labute approximate surface area is 145 Å². The molecule has 3 heterocycles. The Balaban J connectivity index is 1.70. The molecule has 2 aromatic heterocycles. The molecule has 130 valence electrons. The van der Waals surface area contributed by atoms with Crippen molar-refractivity contribution in [2.45, 2.75) is 13.5 Å². The van der Waals surface area contributed by atoms with E-state index in [1.165, 1.54) is 0 Å². The number of amides is 1. The number of hydrogen-bond acceptors (Lipinski definition) is 6. The number of morpholine rings is 1. The molecular weight excluding hydrogens is 326 g/mol. The first-order valence-electron chi connectivity index (χ1n) is 8.12. The fraction of sp³-hybridized carbons (Fsp3) is 0.562. The highest BCUT2D eigenvalue weighted by Gasteiger charge is 2.22. The van der Waals surface area contributed by atoms with E-state index in [1.807, 2.05) is 30.3 Å². The first-order chi connectivity index (χ1) is 11.6. The summed E-state index contributed by atoms with van der Waals surface area (Å²) < 4.78 is 7.04. The van der Waals surface area contributed by atoms with Gasteiger partial charge in [-0.1, -0.05) is 0 Å². The Hall–Kier alpha value is -1.77. The van der Waals surface area contributed by atoms with E-state index in [2.05, 4.69) is 15.0 Å². The lowest BCUT2D eigenvalue weighted by Gasteiger charge is -2.29. The summed E-state index contributed by atoms with van der Waals surface area (Å²) in [6.45, 7) is 7.32. The molecule has 0 unspecified atom stereocenters. The summed E-state index contributed by atoms with van der Waals surface area (Å²) in [5, 5.41) is 7.18. The molecule has 0 spiro atoms. The van der Waals surface area contributed by atoms with Crippen LogP contribution >= 0.6 is 11.3 Å². The maximum atomic E-state index is 13.0. The van der Waals surface area contributed by atoms with E-state index in [1.54, 1.807) is 22.2 Å². The molecule has 1 aliphatic rings. The summed E-state index contributed by atoms with van der Waals surface area (Å²) in [6, 6.07) is 1.84. The highest BCUT2D eigenvalue weighted by Crippen LogP contribution is 2.13. The fourth-order valence-electron chi connectivity index (χ4n) is 2.81. The van der Waals surface area contributed by atoms with E-state index in [9.17, 15) is 4.79 Å². The lowest BCUT2D eigenvalue weighted by Crippen LogP contribution is -2.43. The van der Waals surface area contributed by atoms with Gasteiger partial charge >= 0.3 is 0 Å². The number of carbonyl (C=O) groups excluding carboxylic acids is 1. The number of thiazole rings is 1. The van der Waals surface area contributed by atoms with E-state index < -0.39 is 0 Å². The van der Waals surface area contributed by atoms with Gasteiger partial charge in [0.1, 0.15) is 10.7 Å². The van der Waals surface area contributed by atoms with Crippen molar-refractivity contribution in [3.05, 3.63) is 34.0 Å². The summed E-state index contributed by atoms with van der Waals surface area (Å²) in [6.07, 6.45) is 1.78. The molecule has 0 aromatic carbocycles. The molecule has 0 saturated carbocycles. The Morgan fingerprint density at radius 3 is 2.83 bits per heavy atom. The average Bonchev–Trinajstić information content (AvgIpc) is 3.21. The Morgan fingerprint density at radius 2 is 2.21 bits per heavy atom. The summed E-state index contributed by atoms with van der Waals surface area (Å²) in [5.74, 6) is 0.00144. The first-order valence-corrected chi connectivity index (χ1v) is 9.00. The zero-order valence-corrected chi connectivity index (χ0v) is 15.0. The zero-order valence-electron chi connectivity index (χ0n) is 14.1. The van der Waals surface area contributed by atoms with Crippen molar-refractivity contribution in [3.8, 4) is 0 Å². The van der Waals surface area contributed by atoms with Gasteiger partial charge in [0.25, 0.3) is 5.91 Å². The van der Waals surface area contributed by atoms with Crippen molar-refractivity contribution in [3.63, 3.8) is 0 Å². The van der Waals surface area contributed by atoms with Crippen LogP contribution < -0.4 is 0 Å². The lowest BCUT2D eigenvalue weighted by molar-refractivity contribution is 0.0319. The van der Waals surface area contributed by atoms with Gasteiger partial charge in [0.15, 0.2) is 0 Å². The van der Waals surface area contributed by atoms with Gasteiger partial charge in [-0.05, 0) is 13.0 Å². The third-order valence-electron chi connectivity index (χ3n) is 4.11. The monoisotopic (exact) mass is 349 g/mol. The minimum atomic E-state index is 0.00144. The predicted octanol–water partition coefficient (Wildman–Crippen LogP) is 1.16. The Kier molecular flexibility index (Phi) is 5.60. The fourth-order valence-corrected chi connectivity index (χ4v) is 3.44. The van der Waals surface area contributed by atoms with Gasteiger partial charge in [0.05, 0.1) is 25.5 Å². The highest BCUT2D eigenvalue weighted by atomic mass is 32.1. The second-order valence-corrected chi connectivity index (χ2v) is 6.88. The molecule has 24 heavy (non-hydrogen) atoms. The van der Waals surface area contributed by atoms with Crippen LogP contribution in [-0.2, 0) is 18.3 Å². The van der Waals surface area contributed by atoms with E-state index >= 15 is 0 Å². The van der Waals surface area contributed by atoms with Crippen LogP contribution in [0.4, 0.5) is 0 Å². The van der Waals surface area contributed by atoms with Crippen molar-refractivity contribution in [2.24, 2.45) is 7.05 Å². The van der Waals surface area contributed by atoms with Crippen LogP contribution in [0.3, 0.4) is 0 Å². The number of aryl methyl sites for hydroxylation is 2. The highest BCUT2D eigenvalue weighted by molar-refractivity contribution is 7.09. The van der Waals surface area contributed by atoms with Crippen LogP contribution in [0.1, 0.15) is 21.2 Å². The first kappa shape index (κ1) is 17.1. The normalized spacial score (nSPS) is 15.6. The number of carbonyl (C=O) groups is 1. The van der Waals surface area contributed by atoms with Gasteiger partial charge in [-0.15, -0.1) is 11.3 Å². The molecule has 1 aliphatic heterocycles. The van der Waals surface area contributed by atoms with Gasteiger partial charge in [-0.3, -0.25) is 14.4 Å². The van der Waals surface area contributed by atoms with Crippen LogP contribution in [0.15, 0.2) is 17.6 Å². The summed E-state index contributed by atoms with van der Waals surface area (Å²) in [7, 11) is 1.81. The van der Waals surface area contributed by atoms with Crippen LogP contribution in [0.25, 0.3) is 0 Å². The SMILES string of the molecule is Cc1cc(C(=O)N(CCN2CCOCC2)Cc2nccs2)n(C)n1. The molecule has 8 heteroatoms. The van der Waals surface area contributed by atoms with Gasteiger partial charge in [-0.2, -0.15) is 5.10 Å². The van der Waals surface area contributed by atoms with Crippen molar-refractivity contribution in [1.82, 2.24) is 24.6 Å². The number of rotatable bonds is 6. The van der Waals surface area contributed by atoms with Crippen LogP contribution in [0.5, 0.6) is 0 Å². The third-order valence-corrected chi connectivity index (χ3v) is 4.87. The van der Waals surface area contributed by atoms with Gasteiger partial charge < -0.3 is 9.64 Å². The lowest BCUT2D eigenvalue weighted by atomic mass is 10.3. The standard InChI is InChI=1S/C16H23N5O2S/c1-13-11-14(19(2)18-13)16(22)21(12-15-17-3-10-24-15)5-4-20-6-8-23-9-7-20/h3,10-11H,4-9,12H2,1-2H3.